The maximum Gasteiger partial charge on any atom is 0.331 e. The van der Waals surface area contributed by atoms with Crippen molar-refractivity contribution in [1.82, 2.24) is 14.5 Å². The van der Waals surface area contributed by atoms with Crippen LogP contribution in [0.3, 0.4) is 0 Å². The third-order valence-electron chi connectivity index (χ3n) is 8.27. The molecule has 3 aliphatic heterocycles. The van der Waals surface area contributed by atoms with Crippen LogP contribution in [0.15, 0.2) is 48.2 Å². The molecule has 8 nitrogen and oxygen atoms in total. The minimum atomic E-state index is -1.28. The van der Waals surface area contributed by atoms with Gasteiger partial charge in [0.15, 0.2) is 11.5 Å². The van der Waals surface area contributed by atoms with Gasteiger partial charge in [-0.25, -0.2) is 14.2 Å². The lowest BCUT2D eigenvalue weighted by Crippen LogP contribution is -2.35. The maximum absolute atomic E-state index is 14.8. The predicted molar refractivity (Wildman–Crippen MR) is 152 cm³/mol. The topological polar surface area (TPSA) is 86.0 Å². The Labute approximate surface area is 243 Å². The van der Waals surface area contributed by atoms with Gasteiger partial charge in [0.25, 0.3) is 5.79 Å². The van der Waals surface area contributed by atoms with E-state index in [1.165, 1.54) is 6.07 Å². The normalized spacial score (nSPS) is 23.0. The minimum Gasteiger partial charge on any atom is -0.478 e. The number of aromatic nitrogens is 2. The number of hydrogen-bond donors (Lipinski definition) is 1. The van der Waals surface area contributed by atoms with Crippen LogP contribution >= 0.6 is 11.6 Å². The van der Waals surface area contributed by atoms with Crippen molar-refractivity contribution in [2.24, 2.45) is 0 Å². The van der Waals surface area contributed by atoms with Crippen molar-refractivity contribution in [2.45, 2.75) is 64.0 Å². The molecule has 2 fully saturated rings. The largest absolute Gasteiger partial charge is 0.478 e. The molecule has 1 aromatic heterocycles. The first-order valence-corrected chi connectivity index (χ1v) is 14.3. The third kappa shape index (κ3) is 5.58. The Morgan fingerprint density at radius 2 is 2.00 bits per heavy atom. The number of fused-ring (bicyclic) bond motifs is 1. The number of aliphatic carboxylic acids is 1. The molecule has 2 saturated heterocycles. The molecule has 6 rings (SSSR count). The molecule has 4 heterocycles. The molecule has 41 heavy (non-hydrogen) atoms. The molecular formula is C31H33ClFN3O5. The zero-order valence-electron chi connectivity index (χ0n) is 23.1. The molecular weight excluding hydrogens is 549 g/mol. The van der Waals surface area contributed by atoms with Crippen molar-refractivity contribution in [3.8, 4) is 11.5 Å². The number of piperidine rings is 1. The number of ether oxygens (including phenoxy) is 3. The van der Waals surface area contributed by atoms with Gasteiger partial charge in [-0.05, 0) is 75.5 Å². The number of hydrogen-bond acceptors (Lipinski definition) is 6. The highest BCUT2D eigenvalue weighted by Gasteiger charge is 2.43. The lowest BCUT2D eigenvalue weighted by molar-refractivity contribution is -0.132. The molecule has 0 aliphatic carbocycles. The average Bonchev–Trinajstić information content (AvgIpc) is 3.46. The average molecular weight is 582 g/mol. The van der Waals surface area contributed by atoms with Crippen LogP contribution in [-0.2, 0) is 28.4 Å². The van der Waals surface area contributed by atoms with E-state index >= 15 is 0 Å². The van der Waals surface area contributed by atoms with Gasteiger partial charge in [-0.1, -0.05) is 23.7 Å². The number of imidazole rings is 1. The number of carboxylic acid groups (broad SMARTS) is 1. The molecule has 1 N–H and O–H groups in total. The van der Waals surface area contributed by atoms with E-state index in [0.717, 1.165) is 56.0 Å². The number of carboxylic acids is 1. The number of halogens is 2. The van der Waals surface area contributed by atoms with E-state index in [0.29, 0.717) is 35.2 Å². The van der Waals surface area contributed by atoms with E-state index in [9.17, 15) is 14.3 Å². The number of benzene rings is 2. The maximum atomic E-state index is 14.8. The van der Waals surface area contributed by atoms with Crippen LogP contribution in [0.4, 0.5) is 4.39 Å². The molecule has 3 aromatic rings. The number of carbonyl (C=O) groups is 1. The molecule has 0 bridgehead atoms. The number of para-hydroxylation sites is 1. The standard InChI is InChI=1S/C31H33ClFN3O5/c1-19(30(37)38)14-22-16-34-28(36(22)17-23-10-13-39-23)18-35-11-8-20(9-12-35)24-4-3-5-27-29(24)41-31(2,40-27)25-7-6-21(32)15-26(25)33/h3-7,14-16,20,23H,8-13,17-18H2,1-2H3,(H,37,38)/b19-14+. The Balaban J connectivity index is 1.15. The van der Waals surface area contributed by atoms with Crippen molar-refractivity contribution in [1.29, 1.82) is 0 Å². The van der Waals surface area contributed by atoms with Crippen molar-refractivity contribution < 1.29 is 28.5 Å². The van der Waals surface area contributed by atoms with Gasteiger partial charge in [-0.15, -0.1) is 0 Å². The monoisotopic (exact) mass is 581 g/mol. The van der Waals surface area contributed by atoms with Gasteiger partial charge >= 0.3 is 5.97 Å². The molecule has 0 radical (unpaired) electrons. The first-order valence-electron chi connectivity index (χ1n) is 14.0. The molecule has 10 heteroatoms. The Morgan fingerprint density at radius 1 is 1.22 bits per heavy atom. The van der Waals surface area contributed by atoms with Crippen molar-refractivity contribution in [3.05, 3.63) is 81.7 Å². The van der Waals surface area contributed by atoms with Gasteiger partial charge in [0.1, 0.15) is 11.6 Å². The van der Waals surface area contributed by atoms with Crippen LogP contribution in [0.2, 0.25) is 5.02 Å². The van der Waals surface area contributed by atoms with E-state index in [1.807, 2.05) is 12.1 Å². The van der Waals surface area contributed by atoms with Gasteiger partial charge in [0.2, 0.25) is 0 Å². The van der Waals surface area contributed by atoms with Gasteiger partial charge < -0.3 is 23.9 Å². The summed E-state index contributed by atoms with van der Waals surface area (Å²) < 4.78 is 35.0. The van der Waals surface area contributed by atoms with Gasteiger partial charge in [-0.2, -0.15) is 0 Å². The lowest BCUT2D eigenvalue weighted by atomic mass is 9.88. The second kappa shape index (κ2) is 11.1. The molecule has 3 aliphatic rings. The highest BCUT2D eigenvalue weighted by atomic mass is 35.5. The van der Waals surface area contributed by atoms with Crippen LogP contribution in [0.25, 0.3) is 6.08 Å². The van der Waals surface area contributed by atoms with Gasteiger partial charge in [-0.3, -0.25) is 4.90 Å². The van der Waals surface area contributed by atoms with Gasteiger partial charge in [0, 0.05) is 29.7 Å². The summed E-state index contributed by atoms with van der Waals surface area (Å²) in [7, 11) is 0. The fourth-order valence-corrected chi connectivity index (χ4v) is 5.99. The van der Waals surface area contributed by atoms with E-state index in [4.69, 9.17) is 25.8 Å². The van der Waals surface area contributed by atoms with E-state index in [2.05, 4.69) is 20.5 Å². The fraction of sp³-hybridized carbons (Fsp3) is 0.419. The Bertz CT molecular complexity index is 1490. The molecule has 2 atom stereocenters. The van der Waals surface area contributed by atoms with Crippen molar-refractivity contribution >= 4 is 23.6 Å². The fourth-order valence-electron chi connectivity index (χ4n) is 5.84. The van der Waals surface area contributed by atoms with Crippen molar-refractivity contribution in [3.63, 3.8) is 0 Å². The van der Waals surface area contributed by atoms with E-state index in [1.54, 1.807) is 38.3 Å². The Morgan fingerprint density at radius 3 is 2.68 bits per heavy atom. The van der Waals surface area contributed by atoms with Crippen LogP contribution in [0.1, 0.15) is 61.7 Å². The second-order valence-electron chi connectivity index (χ2n) is 11.1. The molecule has 0 spiro atoms. The van der Waals surface area contributed by atoms with Crippen LogP contribution in [-0.4, -0.2) is 51.3 Å². The molecule has 0 amide bonds. The summed E-state index contributed by atoms with van der Waals surface area (Å²) in [6.07, 6.45) is 6.37. The summed E-state index contributed by atoms with van der Waals surface area (Å²) in [6.45, 7) is 7.13. The van der Waals surface area contributed by atoms with Crippen LogP contribution < -0.4 is 9.47 Å². The van der Waals surface area contributed by atoms with Crippen LogP contribution in [0, 0.1) is 5.82 Å². The summed E-state index contributed by atoms with van der Waals surface area (Å²) >= 11 is 5.96. The number of rotatable bonds is 8. The van der Waals surface area contributed by atoms with E-state index < -0.39 is 17.6 Å². The predicted octanol–water partition coefficient (Wildman–Crippen LogP) is 5.98. The Kier molecular flexibility index (Phi) is 7.52. The first-order chi connectivity index (χ1) is 19.7. The first kappa shape index (κ1) is 27.8. The zero-order valence-corrected chi connectivity index (χ0v) is 23.9. The van der Waals surface area contributed by atoms with Crippen molar-refractivity contribution in [2.75, 3.05) is 19.7 Å². The second-order valence-corrected chi connectivity index (χ2v) is 11.6. The summed E-state index contributed by atoms with van der Waals surface area (Å²) in [6, 6.07) is 10.4. The smallest absolute Gasteiger partial charge is 0.331 e. The summed E-state index contributed by atoms with van der Waals surface area (Å²) in [4.78, 5) is 18.5. The zero-order chi connectivity index (χ0) is 28.7. The highest BCUT2D eigenvalue weighted by Crippen LogP contribution is 2.49. The Hall–Kier alpha value is -3.40. The molecule has 216 valence electrons. The highest BCUT2D eigenvalue weighted by molar-refractivity contribution is 6.30. The quantitative estimate of drug-likeness (QED) is 0.328. The van der Waals surface area contributed by atoms with Gasteiger partial charge in [0.05, 0.1) is 36.6 Å². The number of likely N-dealkylation sites (tertiary alicyclic amines) is 1. The van der Waals surface area contributed by atoms with Crippen LogP contribution in [0.5, 0.6) is 11.5 Å². The summed E-state index contributed by atoms with van der Waals surface area (Å²) in [5.74, 6) is -0.240. The lowest BCUT2D eigenvalue weighted by Gasteiger charge is -2.33. The SMILES string of the molecule is C/C(=C\c1cnc(CN2CCC(c3cccc4c3OC(C)(c3ccc(Cl)cc3F)O4)CC2)n1CC1CCO1)C(=O)O. The number of nitrogens with zero attached hydrogens (tertiary/aromatic N) is 3. The third-order valence-corrected chi connectivity index (χ3v) is 8.51. The molecule has 2 unspecified atom stereocenters. The molecule has 0 saturated carbocycles. The molecule has 2 aromatic carbocycles. The summed E-state index contributed by atoms with van der Waals surface area (Å²) in [5.41, 5.74) is 2.42. The summed E-state index contributed by atoms with van der Waals surface area (Å²) in [5, 5.41) is 9.68. The van der Waals surface area contributed by atoms with E-state index in [-0.39, 0.29) is 17.6 Å². The minimum absolute atomic E-state index is 0.125.